The summed E-state index contributed by atoms with van der Waals surface area (Å²) in [7, 11) is 0. The van der Waals surface area contributed by atoms with Crippen LogP contribution in [0.3, 0.4) is 0 Å². The summed E-state index contributed by atoms with van der Waals surface area (Å²) in [6.45, 7) is 5.32. The molecule has 108 valence electrons. The van der Waals surface area contributed by atoms with Gasteiger partial charge in [0.05, 0.1) is 6.10 Å². The average Bonchev–Trinajstić information content (AvgIpc) is 2.45. The Morgan fingerprint density at radius 2 is 2.10 bits per heavy atom. The number of allylic oxidation sites excluding steroid dienone is 1. The van der Waals surface area contributed by atoms with Crippen molar-refractivity contribution >= 4 is 11.5 Å². The summed E-state index contributed by atoms with van der Waals surface area (Å²) in [5.41, 5.74) is 3.37. The van der Waals surface area contributed by atoms with E-state index in [9.17, 15) is 9.90 Å². The lowest BCUT2D eigenvalue weighted by Gasteiger charge is -2.29. The van der Waals surface area contributed by atoms with Gasteiger partial charge in [-0.3, -0.25) is 4.79 Å². The fraction of sp³-hybridized carbons (Fsp3) is 0.471. The van der Waals surface area contributed by atoms with Crippen LogP contribution >= 0.6 is 0 Å². The van der Waals surface area contributed by atoms with E-state index in [-0.39, 0.29) is 12.0 Å². The molecule has 1 aliphatic rings. The average molecular weight is 273 g/mol. The first-order valence-corrected chi connectivity index (χ1v) is 7.34. The Kier molecular flexibility index (Phi) is 4.96. The summed E-state index contributed by atoms with van der Waals surface area (Å²) in [5.74, 6) is 0.0150. The highest BCUT2D eigenvalue weighted by atomic mass is 16.3. The molecule has 1 aromatic rings. The predicted octanol–water partition coefficient (Wildman–Crippen LogP) is 2.77. The summed E-state index contributed by atoms with van der Waals surface area (Å²) >= 11 is 0. The number of hydrogen-bond donors (Lipinski definition) is 1. The Hall–Kier alpha value is -1.61. The fourth-order valence-corrected chi connectivity index (χ4v) is 2.55. The zero-order valence-electron chi connectivity index (χ0n) is 12.3. The summed E-state index contributed by atoms with van der Waals surface area (Å²) in [6.07, 6.45) is 3.86. The number of nitrogens with zero attached hydrogens (tertiary/aromatic N) is 1. The van der Waals surface area contributed by atoms with Gasteiger partial charge >= 0.3 is 0 Å². The molecule has 0 aliphatic carbocycles. The SMILES string of the molecule is CCC(=CC(=O)N1CCCC(O)C1)c1ccc(C)cc1. The number of carbonyl (C=O) groups excluding carboxylic acids is 1. The maximum atomic E-state index is 12.3. The van der Waals surface area contributed by atoms with E-state index in [1.54, 1.807) is 11.0 Å². The first kappa shape index (κ1) is 14.8. The first-order valence-electron chi connectivity index (χ1n) is 7.34. The number of benzene rings is 1. The zero-order chi connectivity index (χ0) is 14.5. The molecule has 1 atom stereocenters. The van der Waals surface area contributed by atoms with Gasteiger partial charge in [0.1, 0.15) is 0 Å². The van der Waals surface area contributed by atoms with Gasteiger partial charge in [0.2, 0.25) is 5.91 Å². The summed E-state index contributed by atoms with van der Waals surface area (Å²) in [4.78, 5) is 14.0. The van der Waals surface area contributed by atoms with Crippen molar-refractivity contribution in [3.63, 3.8) is 0 Å². The largest absolute Gasteiger partial charge is 0.391 e. The summed E-state index contributed by atoms with van der Waals surface area (Å²) in [6, 6.07) is 8.24. The normalized spacial score (nSPS) is 20.1. The van der Waals surface area contributed by atoms with Crippen LogP contribution in [-0.2, 0) is 4.79 Å². The zero-order valence-corrected chi connectivity index (χ0v) is 12.3. The van der Waals surface area contributed by atoms with Crippen LogP contribution in [0.2, 0.25) is 0 Å². The van der Waals surface area contributed by atoms with Gasteiger partial charge in [0.25, 0.3) is 0 Å². The van der Waals surface area contributed by atoms with Gasteiger partial charge in [-0.25, -0.2) is 0 Å². The number of likely N-dealkylation sites (tertiary alicyclic amines) is 1. The van der Waals surface area contributed by atoms with E-state index >= 15 is 0 Å². The van der Waals surface area contributed by atoms with Crippen molar-refractivity contribution in [3.05, 3.63) is 41.5 Å². The standard InChI is InChI=1S/C17H23NO2/c1-3-14(15-8-6-13(2)7-9-15)11-17(20)18-10-4-5-16(19)12-18/h6-9,11,16,19H,3-5,10,12H2,1-2H3. The van der Waals surface area contributed by atoms with Crippen LogP contribution in [0.5, 0.6) is 0 Å². The van der Waals surface area contributed by atoms with Crippen LogP contribution in [0, 0.1) is 6.92 Å². The molecule has 20 heavy (non-hydrogen) atoms. The van der Waals surface area contributed by atoms with E-state index < -0.39 is 0 Å². The minimum absolute atomic E-state index is 0.0150. The van der Waals surface area contributed by atoms with Gasteiger partial charge < -0.3 is 10.0 Å². The lowest BCUT2D eigenvalue weighted by Crippen LogP contribution is -2.41. The monoisotopic (exact) mass is 273 g/mol. The second-order valence-corrected chi connectivity index (χ2v) is 5.47. The highest BCUT2D eigenvalue weighted by Crippen LogP contribution is 2.20. The third-order valence-electron chi connectivity index (χ3n) is 3.81. The number of hydrogen-bond acceptors (Lipinski definition) is 2. The number of carbonyl (C=O) groups is 1. The second kappa shape index (κ2) is 6.71. The van der Waals surface area contributed by atoms with Crippen LogP contribution in [0.25, 0.3) is 5.57 Å². The molecule has 3 nitrogen and oxygen atoms in total. The number of rotatable bonds is 3. The minimum Gasteiger partial charge on any atom is -0.391 e. The molecule has 0 saturated carbocycles. The van der Waals surface area contributed by atoms with E-state index in [4.69, 9.17) is 0 Å². The molecule has 0 radical (unpaired) electrons. The third kappa shape index (κ3) is 3.70. The molecule has 0 bridgehead atoms. The van der Waals surface area contributed by atoms with Crippen LogP contribution < -0.4 is 0 Å². The smallest absolute Gasteiger partial charge is 0.246 e. The summed E-state index contributed by atoms with van der Waals surface area (Å²) in [5, 5.41) is 9.65. The molecule has 3 heteroatoms. The third-order valence-corrected chi connectivity index (χ3v) is 3.81. The van der Waals surface area contributed by atoms with Gasteiger partial charge in [0, 0.05) is 19.2 Å². The van der Waals surface area contributed by atoms with E-state index in [2.05, 4.69) is 38.1 Å². The fourth-order valence-electron chi connectivity index (χ4n) is 2.55. The topological polar surface area (TPSA) is 40.5 Å². The molecule has 1 saturated heterocycles. The molecule has 1 N–H and O–H groups in total. The van der Waals surface area contributed by atoms with Crippen LogP contribution in [0.15, 0.2) is 30.3 Å². The first-order chi connectivity index (χ1) is 9.60. The Labute approximate surface area is 120 Å². The van der Waals surface area contributed by atoms with Crippen molar-refractivity contribution in [1.82, 2.24) is 4.90 Å². The lowest BCUT2D eigenvalue weighted by molar-refractivity contribution is -0.128. The number of aliphatic hydroxyl groups is 1. The molecule has 1 fully saturated rings. The van der Waals surface area contributed by atoms with Gasteiger partial charge in [0.15, 0.2) is 0 Å². The van der Waals surface area contributed by atoms with Crippen LogP contribution in [0.4, 0.5) is 0 Å². The Morgan fingerprint density at radius 1 is 1.40 bits per heavy atom. The van der Waals surface area contributed by atoms with Crippen LogP contribution in [-0.4, -0.2) is 35.1 Å². The number of piperidine rings is 1. The highest BCUT2D eigenvalue weighted by Gasteiger charge is 2.20. The Balaban J connectivity index is 2.13. The van der Waals surface area contributed by atoms with Crippen molar-refractivity contribution in [2.45, 2.75) is 39.2 Å². The molecule has 1 aliphatic heterocycles. The molecule has 0 spiro atoms. The summed E-state index contributed by atoms with van der Waals surface area (Å²) < 4.78 is 0. The molecule has 0 aromatic heterocycles. The lowest BCUT2D eigenvalue weighted by atomic mass is 10.0. The minimum atomic E-state index is -0.370. The molecular weight excluding hydrogens is 250 g/mol. The van der Waals surface area contributed by atoms with E-state index in [0.717, 1.165) is 36.9 Å². The maximum Gasteiger partial charge on any atom is 0.246 e. The van der Waals surface area contributed by atoms with Gasteiger partial charge in [-0.2, -0.15) is 0 Å². The number of β-amino-alcohol motifs (C(OH)–C–C–N with tert-alkyl or cyclic N) is 1. The Morgan fingerprint density at radius 3 is 2.70 bits per heavy atom. The maximum absolute atomic E-state index is 12.3. The van der Waals surface area contributed by atoms with Crippen LogP contribution in [0.1, 0.15) is 37.3 Å². The molecule has 1 amide bonds. The molecular formula is C17H23NO2. The van der Waals surface area contributed by atoms with E-state index in [1.165, 1.54) is 5.56 Å². The molecule has 2 rings (SSSR count). The van der Waals surface area contributed by atoms with E-state index in [0.29, 0.717) is 6.54 Å². The van der Waals surface area contributed by atoms with Gasteiger partial charge in [-0.05, 0) is 37.3 Å². The highest BCUT2D eigenvalue weighted by molar-refractivity contribution is 5.95. The quantitative estimate of drug-likeness (QED) is 0.860. The van der Waals surface area contributed by atoms with Crippen molar-refractivity contribution in [1.29, 1.82) is 0 Å². The van der Waals surface area contributed by atoms with Crippen molar-refractivity contribution in [2.75, 3.05) is 13.1 Å². The number of aryl methyl sites for hydroxylation is 1. The Bertz CT molecular complexity index is 490. The second-order valence-electron chi connectivity index (χ2n) is 5.47. The van der Waals surface area contributed by atoms with Crippen molar-refractivity contribution in [3.8, 4) is 0 Å². The molecule has 1 unspecified atom stereocenters. The number of amides is 1. The van der Waals surface area contributed by atoms with Crippen molar-refractivity contribution in [2.24, 2.45) is 0 Å². The van der Waals surface area contributed by atoms with Gasteiger partial charge in [-0.1, -0.05) is 36.8 Å². The molecule has 1 heterocycles. The van der Waals surface area contributed by atoms with Gasteiger partial charge in [-0.15, -0.1) is 0 Å². The number of aliphatic hydroxyl groups excluding tert-OH is 1. The van der Waals surface area contributed by atoms with Crippen molar-refractivity contribution < 1.29 is 9.90 Å². The predicted molar refractivity (Wildman–Crippen MR) is 81.3 cm³/mol. The molecule has 1 aromatic carbocycles. The van der Waals surface area contributed by atoms with E-state index in [1.807, 2.05) is 0 Å².